The summed E-state index contributed by atoms with van der Waals surface area (Å²) in [5, 5.41) is 4.56. The Hall–Kier alpha value is -3.67. The molecule has 1 atom stereocenters. The molecule has 1 aliphatic heterocycles. The van der Waals surface area contributed by atoms with Crippen LogP contribution in [-0.2, 0) is 0 Å². The minimum Gasteiger partial charge on any atom is -0.305 e. The van der Waals surface area contributed by atoms with Crippen LogP contribution >= 0.6 is 0 Å². The van der Waals surface area contributed by atoms with Crippen LogP contribution in [0.3, 0.4) is 0 Å². The summed E-state index contributed by atoms with van der Waals surface area (Å²) in [6.45, 7) is 6.72. The summed E-state index contributed by atoms with van der Waals surface area (Å²) in [6, 6.07) is 12.1. The molecule has 1 aromatic carbocycles. The maximum atomic E-state index is 13.5. The Balaban J connectivity index is 1.62. The molecule has 4 heterocycles. The van der Waals surface area contributed by atoms with E-state index in [1.165, 1.54) is 5.56 Å². The number of pyridine rings is 1. The van der Waals surface area contributed by atoms with Gasteiger partial charge in [0.2, 0.25) is 0 Å². The van der Waals surface area contributed by atoms with Gasteiger partial charge in [-0.3, -0.25) is 13.9 Å². The molecule has 5 rings (SSSR count). The number of imidazole rings is 1. The number of rotatable bonds is 3. The number of hydrogen-bond donors (Lipinski definition) is 0. The molecule has 3 aromatic heterocycles. The largest absolute Gasteiger partial charge is 0.305 e. The summed E-state index contributed by atoms with van der Waals surface area (Å²) in [7, 11) is 0. The van der Waals surface area contributed by atoms with Crippen molar-refractivity contribution >= 4 is 23.3 Å². The molecule has 0 bridgehead atoms. The van der Waals surface area contributed by atoms with Gasteiger partial charge in [0, 0.05) is 29.6 Å². The van der Waals surface area contributed by atoms with Crippen LogP contribution in [0.4, 0.5) is 5.69 Å². The number of aryl methyl sites for hydroxylation is 1. The normalized spacial score (nSPS) is 16.6. The molecule has 0 unspecified atom stereocenters. The third-order valence-electron chi connectivity index (χ3n) is 5.64. The highest BCUT2D eigenvalue weighted by atomic mass is 16.2. The molecule has 0 radical (unpaired) electrons. The van der Waals surface area contributed by atoms with Crippen LogP contribution in [0.25, 0.3) is 22.9 Å². The van der Waals surface area contributed by atoms with Crippen molar-refractivity contribution in [1.29, 1.82) is 0 Å². The maximum Gasteiger partial charge on any atom is 0.277 e. The smallest absolute Gasteiger partial charge is 0.277 e. The van der Waals surface area contributed by atoms with Crippen LogP contribution in [0.2, 0.25) is 0 Å². The SMILES string of the molecule is C/C=C\c1cnc2ccc(-c3cnn4c3C(=O)N(c3ccc(C)cc3)C[C@@H]4C)cn12. The average Bonchev–Trinajstić information content (AvgIpc) is 3.37. The molecule has 6 heteroatoms. The maximum absolute atomic E-state index is 13.5. The molecular weight excluding hydrogens is 374 g/mol. The van der Waals surface area contributed by atoms with Crippen molar-refractivity contribution in [1.82, 2.24) is 19.2 Å². The molecule has 0 saturated carbocycles. The fourth-order valence-corrected chi connectivity index (χ4v) is 4.07. The predicted octanol–water partition coefficient (Wildman–Crippen LogP) is 4.76. The van der Waals surface area contributed by atoms with Crippen LogP contribution in [0, 0.1) is 6.92 Å². The first-order chi connectivity index (χ1) is 14.6. The van der Waals surface area contributed by atoms with Crippen LogP contribution < -0.4 is 4.90 Å². The predicted molar refractivity (Wildman–Crippen MR) is 119 cm³/mol. The minimum atomic E-state index is -0.0242. The highest BCUT2D eigenvalue weighted by molar-refractivity contribution is 6.09. The number of fused-ring (bicyclic) bond motifs is 2. The number of benzene rings is 1. The standard InChI is InChI=1S/C24H23N5O/c1-4-5-20-12-25-22-11-8-18(15-27(20)22)21-13-26-29-17(3)14-28(24(30)23(21)29)19-9-6-16(2)7-10-19/h4-13,15,17H,14H2,1-3H3/b5-4-/t17-/m0/s1. The number of allylic oxidation sites excluding steroid dienone is 1. The van der Waals surface area contributed by atoms with E-state index in [1.54, 1.807) is 6.20 Å². The summed E-state index contributed by atoms with van der Waals surface area (Å²) >= 11 is 0. The molecule has 0 saturated heterocycles. The molecule has 30 heavy (non-hydrogen) atoms. The van der Waals surface area contributed by atoms with Crippen LogP contribution in [0.5, 0.6) is 0 Å². The molecule has 0 fully saturated rings. The lowest BCUT2D eigenvalue weighted by molar-refractivity contribution is 0.0954. The lowest BCUT2D eigenvalue weighted by Crippen LogP contribution is -2.42. The number of hydrogen-bond acceptors (Lipinski definition) is 3. The van der Waals surface area contributed by atoms with Crippen molar-refractivity contribution in [2.45, 2.75) is 26.8 Å². The Morgan fingerprint density at radius 3 is 2.67 bits per heavy atom. The number of amides is 1. The summed E-state index contributed by atoms with van der Waals surface area (Å²) < 4.78 is 3.89. The number of carbonyl (C=O) groups is 1. The zero-order valence-corrected chi connectivity index (χ0v) is 17.3. The fourth-order valence-electron chi connectivity index (χ4n) is 4.07. The monoisotopic (exact) mass is 397 g/mol. The number of aromatic nitrogens is 4. The number of nitrogens with zero attached hydrogens (tertiary/aromatic N) is 5. The molecule has 0 spiro atoms. The zero-order chi connectivity index (χ0) is 20.8. The van der Waals surface area contributed by atoms with Gasteiger partial charge in [-0.25, -0.2) is 4.98 Å². The summed E-state index contributed by atoms with van der Waals surface area (Å²) in [6.07, 6.45) is 9.68. The molecule has 0 N–H and O–H groups in total. The Bertz CT molecular complexity index is 1280. The summed E-state index contributed by atoms with van der Waals surface area (Å²) in [5.74, 6) is -0.0242. The van der Waals surface area contributed by atoms with Crippen molar-refractivity contribution in [2.24, 2.45) is 0 Å². The lowest BCUT2D eigenvalue weighted by Gasteiger charge is -2.32. The van der Waals surface area contributed by atoms with E-state index in [1.807, 2.05) is 88.8 Å². The van der Waals surface area contributed by atoms with Gasteiger partial charge in [0.15, 0.2) is 0 Å². The van der Waals surface area contributed by atoms with Crippen molar-refractivity contribution < 1.29 is 4.79 Å². The first-order valence-electron chi connectivity index (χ1n) is 10.1. The molecule has 1 aliphatic rings. The summed E-state index contributed by atoms with van der Waals surface area (Å²) in [4.78, 5) is 19.8. The zero-order valence-electron chi connectivity index (χ0n) is 17.3. The lowest BCUT2D eigenvalue weighted by atomic mass is 10.0. The second-order valence-corrected chi connectivity index (χ2v) is 7.78. The molecule has 6 nitrogen and oxygen atoms in total. The number of carbonyl (C=O) groups excluding carboxylic acids is 1. The second kappa shape index (κ2) is 6.99. The van der Waals surface area contributed by atoms with E-state index >= 15 is 0 Å². The topological polar surface area (TPSA) is 55.4 Å². The van der Waals surface area contributed by atoms with Crippen LogP contribution in [0.1, 0.15) is 41.6 Å². The van der Waals surface area contributed by atoms with Crippen molar-refractivity contribution in [3.63, 3.8) is 0 Å². The van der Waals surface area contributed by atoms with E-state index in [-0.39, 0.29) is 11.9 Å². The molecule has 1 amide bonds. The van der Waals surface area contributed by atoms with Gasteiger partial charge in [-0.05, 0) is 51.1 Å². The van der Waals surface area contributed by atoms with E-state index in [0.29, 0.717) is 12.2 Å². The Labute approximate surface area is 175 Å². The van der Waals surface area contributed by atoms with E-state index in [2.05, 4.69) is 17.0 Å². The average molecular weight is 397 g/mol. The fraction of sp³-hybridized carbons (Fsp3) is 0.208. The van der Waals surface area contributed by atoms with E-state index in [9.17, 15) is 4.79 Å². The van der Waals surface area contributed by atoms with Gasteiger partial charge >= 0.3 is 0 Å². The van der Waals surface area contributed by atoms with E-state index in [0.717, 1.165) is 28.2 Å². The molecule has 0 aliphatic carbocycles. The second-order valence-electron chi connectivity index (χ2n) is 7.78. The van der Waals surface area contributed by atoms with Crippen LogP contribution in [0.15, 0.2) is 61.1 Å². The Morgan fingerprint density at radius 1 is 1.10 bits per heavy atom. The van der Waals surface area contributed by atoms with E-state index < -0.39 is 0 Å². The minimum absolute atomic E-state index is 0.0242. The summed E-state index contributed by atoms with van der Waals surface area (Å²) in [5.41, 5.74) is 6.36. The van der Waals surface area contributed by atoms with Gasteiger partial charge in [0.1, 0.15) is 11.3 Å². The van der Waals surface area contributed by atoms with Crippen LogP contribution in [-0.4, -0.2) is 31.6 Å². The van der Waals surface area contributed by atoms with Crippen molar-refractivity contribution in [3.05, 3.63) is 78.0 Å². The van der Waals surface area contributed by atoms with Gasteiger partial charge < -0.3 is 4.90 Å². The first kappa shape index (κ1) is 18.4. The number of anilines is 1. The highest BCUT2D eigenvalue weighted by Gasteiger charge is 2.33. The third kappa shape index (κ3) is 2.84. The Morgan fingerprint density at radius 2 is 1.90 bits per heavy atom. The third-order valence-corrected chi connectivity index (χ3v) is 5.64. The van der Waals surface area contributed by atoms with Crippen molar-refractivity contribution in [3.8, 4) is 11.1 Å². The quantitative estimate of drug-likeness (QED) is 0.501. The van der Waals surface area contributed by atoms with Gasteiger partial charge in [-0.2, -0.15) is 5.10 Å². The molecule has 150 valence electrons. The molecular formula is C24H23N5O. The Kier molecular flexibility index (Phi) is 4.28. The first-order valence-corrected chi connectivity index (χ1v) is 10.1. The van der Waals surface area contributed by atoms with E-state index in [4.69, 9.17) is 0 Å². The van der Waals surface area contributed by atoms with Gasteiger partial charge in [-0.1, -0.05) is 23.8 Å². The van der Waals surface area contributed by atoms with Gasteiger partial charge in [-0.15, -0.1) is 0 Å². The van der Waals surface area contributed by atoms with Gasteiger partial charge in [0.25, 0.3) is 5.91 Å². The van der Waals surface area contributed by atoms with Crippen molar-refractivity contribution in [2.75, 3.05) is 11.4 Å². The van der Waals surface area contributed by atoms with Gasteiger partial charge in [0.05, 0.1) is 24.1 Å². The molecule has 4 aromatic rings. The highest BCUT2D eigenvalue weighted by Crippen LogP contribution is 2.33.